The lowest BCUT2D eigenvalue weighted by molar-refractivity contribution is -0.385. The van der Waals surface area contributed by atoms with E-state index in [9.17, 15) is 14.9 Å². The van der Waals surface area contributed by atoms with Crippen molar-refractivity contribution in [3.8, 4) is 17.2 Å². The molecule has 4 rings (SSSR count). The summed E-state index contributed by atoms with van der Waals surface area (Å²) in [6.45, 7) is 8.30. The zero-order valence-electron chi connectivity index (χ0n) is 18.8. The number of imidazole rings is 1. The maximum absolute atomic E-state index is 12.0. The van der Waals surface area contributed by atoms with E-state index in [1.54, 1.807) is 22.8 Å². The first-order valence-corrected chi connectivity index (χ1v) is 13.9. The van der Waals surface area contributed by atoms with E-state index in [1.807, 2.05) is 25.1 Å². The van der Waals surface area contributed by atoms with Crippen molar-refractivity contribution in [2.45, 2.75) is 32.6 Å². The monoisotopic (exact) mass is 457 g/mol. The van der Waals surface area contributed by atoms with Crippen LogP contribution in [-0.4, -0.2) is 34.2 Å². The first-order chi connectivity index (χ1) is 15.6. The van der Waals surface area contributed by atoms with Crippen LogP contribution in [0, 0.1) is 21.6 Å². The van der Waals surface area contributed by atoms with Gasteiger partial charge in [-0.1, -0.05) is 37.7 Å². The molecular formula is C24H23N5O3Si. The van der Waals surface area contributed by atoms with Crippen LogP contribution in [0.2, 0.25) is 19.6 Å². The Hall–Kier alpha value is -4.03. The number of amides is 1. The number of primary amides is 1. The van der Waals surface area contributed by atoms with Crippen molar-refractivity contribution >= 4 is 25.4 Å². The molecular weight excluding hydrogens is 434 g/mol. The van der Waals surface area contributed by atoms with E-state index in [2.05, 4.69) is 36.1 Å². The maximum Gasteiger partial charge on any atom is 0.278 e. The highest BCUT2D eigenvalue weighted by Crippen LogP contribution is 2.34. The van der Waals surface area contributed by atoms with Gasteiger partial charge in [-0.3, -0.25) is 24.5 Å². The first-order valence-electron chi connectivity index (χ1n) is 10.4. The molecule has 0 aliphatic carbocycles. The van der Waals surface area contributed by atoms with Crippen LogP contribution in [0.25, 0.3) is 5.69 Å². The summed E-state index contributed by atoms with van der Waals surface area (Å²) in [6, 6.07) is 11.6. The molecule has 0 unspecified atom stereocenters. The lowest BCUT2D eigenvalue weighted by Gasteiger charge is -2.13. The highest BCUT2D eigenvalue weighted by Gasteiger charge is 2.30. The van der Waals surface area contributed by atoms with Gasteiger partial charge in [0.15, 0.2) is 5.69 Å². The standard InChI is InChI=1S/C24H23N5O3Si/c1-15-23-22(24(25)30)26-14-28(23)19-10-9-16(11-12-33(2,3)4)13-18(19)21(27-15)17-7-5-6-8-20(17)29(31)32/h5-10,13-15H,1-4H3,(H2,25,30)/t15-/m0/s1. The van der Waals surface area contributed by atoms with Gasteiger partial charge in [0.05, 0.1) is 33.6 Å². The molecule has 0 spiro atoms. The second kappa shape index (κ2) is 8.15. The van der Waals surface area contributed by atoms with Gasteiger partial charge in [0.25, 0.3) is 11.6 Å². The SMILES string of the molecule is C[C@@H]1N=C(c2ccccc2[N+](=O)[O-])c2cc(C#C[Si](C)(C)C)ccc2-n2cnc(C(N)=O)c21. The zero-order valence-corrected chi connectivity index (χ0v) is 19.8. The third-order valence-electron chi connectivity index (χ3n) is 5.21. The van der Waals surface area contributed by atoms with Gasteiger partial charge in [0.2, 0.25) is 0 Å². The molecule has 1 atom stereocenters. The second-order valence-electron chi connectivity index (χ2n) is 8.87. The third kappa shape index (κ3) is 4.20. The topological polar surface area (TPSA) is 116 Å². The molecule has 0 saturated carbocycles. The molecule has 2 aromatic carbocycles. The van der Waals surface area contributed by atoms with Crippen LogP contribution in [0.15, 0.2) is 53.8 Å². The Morgan fingerprint density at radius 3 is 2.58 bits per heavy atom. The fraction of sp³-hybridized carbons (Fsp3) is 0.208. The van der Waals surface area contributed by atoms with Crippen molar-refractivity contribution in [2.75, 3.05) is 0 Å². The largest absolute Gasteiger partial charge is 0.364 e. The van der Waals surface area contributed by atoms with Gasteiger partial charge in [0, 0.05) is 17.2 Å². The molecule has 0 bridgehead atoms. The van der Waals surface area contributed by atoms with Crippen molar-refractivity contribution in [3.63, 3.8) is 0 Å². The van der Waals surface area contributed by atoms with Crippen molar-refractivity contribution in [2.24, 2.45) is 10.7 Å². The number of hydrogen-bond acceptors (Lipinski definition) is 5. The molecule has 0 saturated heterocycles. The molecule has 166 valence electrons. The highest BCUT2D eigenvalue weighted by molar-refractivity contribution is 6.83. The fourth-order valence-electron chi connectivity index (χ4n) is 3.78. The summed E-state index contributed by atoms with van der Waals surface area (Å²) in [6.07, 6.45) is 1.54. The van der Waals surface area contributed by atoms with Crippen LogP contribution in [0.1, 0.15) is 45.8 Å². The number of carbonyl (C=O) groups excluding carboxylic acids is 1. The Bertz CT molecular complexity index is 1390. The highest BCUT2D eigenvalue weighted by atomic mass is 28.3. The Morgan fingerprint density at radius 2 is 1.91 bits per heavy atom. The van der Waals surface area contributed by atoms with E-state index < -0.39 is 24.9 Å². The minimum absolute atomic E-state index is 0.0483. The molecule has 1 aliphatic rings. The molecule has 3 aromatic rings. The smallest absolute Gasteiger partial charge is 0.278 e. The van der Waals surface area contributed by atoms with E-state index in [1.165, 1.54) is 12.4 Å². The summed E-state index contributed by atoms with van der Waals surface area (Å²) in [5.41, 5.74) is 12.5. The molecule has 33 heavy (non-hydrogen) atoms. The van der Waals surface area contributed by atoms with Crippen LogP contribution in [0.3, 0.4) is 0 Å². The third-order valence-corrected chi connectivity index (χ3v) is 6.08. The van der Waals surface area contributed by atoms with Crippen LogP contribution in [-0.2, 0) is 0 Å². The molecule has 1 amide bonds. The number of fused-ring (bicyclic) bond motifs is 3. The zero-order chi connectivity index (χ0) is 23.9. The van der Waals surface area contributed by atoms with Crippen LogP contribution < -0.4 is 5.73 Å². The van der Waals surface area contributed by atoms with E-state index >= 15 is 0 Å². The minimum atomic E-state index is -1.62. The average molecular weight is 458 g/mol. The van der Waals surface area contributed by atoms with Crippen molar-refractivity contribution in [1.82, 2.24) is 9.55 Å². The summed E-state index contributed by atoms with van der Waals surface area (Å²) in [5, 5.41) is 11.8. The van der Waals surface area contributed by atoms with Gasteiger partial charge in [-0.2, -0.15) is 0 Å². The van der Waals surface area contributed by atoms with Gasteiger partial charge in [-0.25, -0.2) is 4.98 Å². The number of nitrogens with two attached hydrogens (primary N) is 1. The molecule has 9 heteroatoms. The van der Waals surface area contributed by atoms with Gasteiger partial charge >= 0.3 is 0 Å². The number of benzene rings is 2. The molecule has 2 N–H and O–H groups in total. The summed E-state index contributed by atoms with van der Waals surface area (Å²) >= 11 is 0. The van der Waals surface area contributed by atoms with E-state index in [4.69, 9.17) is 10.7 Å². The Kier molecular flexibility index (Phi) is 5.47. The summed E-state index contributed by atoms with van der Waals surface area (Å²) in [7, 11) is -1.62. The van der Waals surface area contributed by atoms with Crippen LogP contribution in [0.4, 0.5) is 5.69 Å². The summed E-state index contributed by atoms with van der Waals surface area (Å²) in [5.74, 6) is 2.59. The fourth-order valence-corrected chi connectivity index (χ4v) is 4.30. The predicted octanol–water partition coefficient (Wildman–Crippen LogP) is 4.02. The number of aliphatic imine (C=N–C) groups is 1. The normalized spacial score (nSPS) is 14.8. The molecule has 0 fully saturated rings. The lowest BCUT2D eigenvalue weighted by Crippen LogP contribution is -2.16. The molecule has 0 radical (unpaired) electrons. The van der Waals surface area contributed by atoms with Gasteiger partial charge in [0.1, 0.15) is 14.4 Å². The number of rotatable bonds is 3. The van der Waals surface area contributed by atoms with Crippen LogP contribution >= 0.6 is 0 Å². The number of nitro groups is 1. The molecule has 8 nitrogen and oxygen atoms in total. The maximum atomic E-state index is 12.0. The number of aromatic nitrogens is 2. The summed E-state index contributed by atoms with van der Waals surface area (Å²) in [4.78, 5) is 32.5. The number of nitro benzene ring substituents is 1. The van der Waals surface area contributed by atoms with Crippen molar-refractivity contribution < 1.29 is 9.72 Å². The molecule has 2 heterocycles. The van der Waals surface area contributed by atoms with E-state index in [-0.39, 0.29) is 11.4 Å². The quantitative estimate of drug-likeness (QED) is 0.277. The first kappa shape index (κ1) is 22.2. The molecule has 1 aliphatic heterocycles. The number of carbonyl (C=O) groups is 1. The number of hydrogen-bond donors (Lipinski definition) is 1. The Morgan fingerprint density at radius 1 is 1.18 bits per heavy atom. The van der Waals surface area contributed by atoms with Gasteiger partial charge < -0.3 is 5.73 Å². The Labute approximate surface area is 192 Å². The van der Waals surface area contributed by atoms with Crippen molar-refractivity contribution in [3.05, 3.63) is 87.0 Å². The second-order valence-corrected chi connectivity index (χ2v) is 13.6. The van der Waals surface area contributed by atoms with Crippen molar-refractivity contribution in [1.29, 1.82) is 0 Å². The predicted molar refractivity (Wildman–Crippen MR) is 129 cm³/mol. The summed E-state index contributed by atoms with van der Waals surface area (Å²) < 4.78 is 1.78. The Balaban J connectivity index is 2.04. The van der Waals surface area contributed by atoms with E-state index in [0.717, 1.165) is 5.56 Å². The lowest BCUT2D eigenvalue weighted by atomic mass is 9.97. The number of nitrogens with zero attached hydrogens (tertiary/aromatic N) is 4. The van der Waals surface area contributed by atoms with Gasteiger partial charge in [-0.05, 0) is 31.2 Å². The number of para-hydroxylation sites is 1. The average Bonchev–Trinajstić information content (AvgIpc) is 3.16. The van der Waals surface area contributed by atoms with E-state index in [0.29, 0.717) is 28.2 Å². The minimum Gasteiger partial charge on any atom is -0.364 e. The molecule has 1 aromatic heterocycles. The van der Waals surface area contributed by atoms with Crippen LogP contribution in [0.5, 0.6) is 0 Å². The van der Waals surface area contributed by atoms with Gasteiger partial charge in [-0.15, -0.1) is 5.54 Å².